The van der Waals surface area contributed by atoms with Crippen molar-refractivity contribution in [2.75, 3.05) is 36.2 Å². The first-order valence-corrected chi connectivity index (χ1v) is 27.7. The molecule has 82 heavy (non-hydrogen) atoms. The van der Waals surface area contributed by atoms with E-state index in [0.717, 1.165) is 57.8 Å². The molecule has 22 heteroatoms. The van der Waals surface area contributed by atoms with Crippen LogP contribution < -0.4 is 25.9 Å². The Morgan fingerprint density at radius 2 is 1.05 bits per heavy atom. The summed E-state index contributed by atoms with van der Waals surface area (Å²) in [7, 11) is -0.401. The third kappa shape index (κ3) is 11.9. The second kappa shape index (κ2) is 23.1. The lowest BCUT2D eigenvalue weighted by Gasteiger charge is -2.32. The first-order valence-electron chi connectivity index (χ1n) is 26.9. The summed E-state index contributed by atoms with van der Waals surface area (Å²) in [4.78, 5) is 63.1. The molecule has 0 radical (unpaired) electrons. The largest absolute Gasteiger partial charge is 0.494 e. The van der Waals surface area contributed by atoms with Crippen LogP contribution in [0.15, 0.2) is 139 Å². The monoisotopic (exact) mass is 1160 g/mol. The van der Waals surface area contributed by atoms with Gasteiger partial charge in [0.15, 0.2) is 0 Å². The van der Waals surface area contributed by atoms with Crippen LogP contribution in [-0.2, 0) is 18.8 Å². The van der Waals surface area contributed by atoms with E-state index in [4.69, 9.17) is 29.3 Å². The zero-order chi connectivity index (χ0) is 57.3. The Labute approximate surface area is 481 Å². The van der Waals surface area contributed by atoms with Crippen molar-refractivity contribution in [3.8, 4) is 23.3 Å². The molecule has 13 rings (SSSR count). The highest BCUT2D eigenvalue weighted by Crippen LogP contribution is 2.37. The number of ether oxygens (including phenoxy) is 2. The number of benzene rings is 2. The molecular weight excluding hydrogens is 1110 g/mol. The smallest absolute Gasteiger partial charge is 0.399 e. The zero-order valence-corrected chi connectivity index (χ0v) is 46.9. The predicted molar refractivity (Wildman–Crippen MR) is 307 cm³/mol. The van der Waals surface area contributed by atoms with Gasteiger partial charge in [0.05, 0.1) is 88.7 Å². The number of nitrogens with one attached hydrogen (secondary N) is 2. The average Bonchev–Trinajstić information content (AvgIpc) is 4.59. The van der Waals surface area contributed by atoms with Crippen molar-refractivity contribution >= 4 is 74.8 Å². The molecule has 2 aromatic carbocycles. The summed E-state index contributed by atoms with van der Waals surface area (Å²) in [6.07, 6.45) is 13.7. The Morgan fingerprint density at radius 3 is 1.48 bits per heavy atom. The fraction of sp³-hybridized carbons (Fsp3) is 0.300. The molecule has 414 valence electrons. The number of amides is 4. The van der Waals surface area contributed by atoms with Crippen LogP contribution in [-0.4, -0.2) is 122 Å². The molecule has 8 aromatic rings. The Morgan fingerprint density at radius 1 is 0.598 bits per heavy atom. The van der Waals surface area contributed by atoms with E-state index in [0.29, 0.717) is 71.4 Å². The molecular formula is C60H56BBrN12O8. The van der Waals surface area contributed by atoms with Gasteiger partial charge in [-0.25, -0.2) is 19.0 Å². The van der Waals surface area contributed by atoms with Gasteiger partial charge in [-0.05, 0) is 153 Å². The predicted octanol–water partition coefficient (Wildman–Crippen LogP) is 7.49. The number of nitrogens with zero attached hydrogens (tertiary/aromatic N) is 10. The SMILES string of the molecule is CC1(C)OB(c2ccc(C(=O)NC3COC3)cc2)OC1(C)C.N#Cc1ccc(N(C(=O)c2ccn3ncc(-c4ccc(C(=O)NC5COC5)cc4)c3c2)C2CC2)nc1.N#Cc1ccc(N(C(=O)c2ccn3ncc(Br)c3c2)C2CC2)nc1. The molecule has 2 saturated carbocycles. The van der Waals surface area contributed by atoms with Gasteiger partial charge in [-0.3, -0.25) is 29.0 Å². The van der Waals surface area contributed by atoms with E-state index in [1.807, 2.05) is 70.2 Å². The van der Waals surface area contributed by atoms with Gasteiger partial charge in [0, 0.05) is 64.7 Å². The van der Waals surface area contributed by atoms with Gasteiger partial charge < -0.3 is 29.4 Å². The quantitative estimate of drug-likeness (QED) is 0.113. The van der Waals surface area contributed by atoms with Crippen molar-refractivity contribution in [1.82, 2.24) is 39.8 Å². The maximum atomic E-state index is 13.6. The number of aromatic nitrogens is 6. The molecule has 6 aromatic heterocycles. The highest BCUT2D eigenvalue weighted by molar-refractivity contribution is 9.10. The summed E-state index contributed by atoms with van der Waals surface area (Å²) in [5.41, 5.74) is 6.82. The van der Waals surface area contributed by atoms with Crippen LogP contribution in [0.1, 0.15) is 106 Å². The van der Waals surface area contributed by atoms with Crippen molar-refractivity contribution in [2.45, 2.75) is 88.7 Å². The van der Waals surface area contributed by atoms with E-state index < -0.39 is 7.12 Å². The van der Waals surface area contributed by atoms with Gasteiger partial charge in [0.1, 0.15) is 23.8 Å². The number of rotatable bonds is 12. The molecule has 0 spiro atoms. The van der Waals surface area contributed by atoms with Crippen LogP contribution in [0.4, 0.5) is 11.6 Å². The first kappa shape index (κ1) is 55.3. The van der Waals surface area contributed by atoms with Crippen molar-refractivity contribution in [3.63, 3.8) is 0 Å². The number of halogens is 1. The summed E-state index contributed by atoms with van der Waals surface area (Å²) in [6, 6.07) is 33.2. The maximum absolute atomic E-state index is 13.6. The number of carbonyl (C=O) groups excluding carboxylic acids is 4. The minimum absolute atomic E-state index is 0.0717. The fourth-order valence-electron chi connectivity index (χ4n) is 9.21. The van der Waals surface area contributed by atoms with E-state index in [1.165, 1.54) is 12.4 Å². The van der Waals surface area contributed by atoms with Crippen molar-refractivity contribution in [1.29, 1.82) is 10.5 Å². The number of nitriles is 2. The molecule has 0 bridgehead atoms. The van der Waals surface area contributed by atoms with Gasteiger partial charge in [-0.2, -0.15) is 20.7 Å². The van der Waals surface area contributed by atoms with Gasteiger partial charge in [-0.15, -0.1) is 0 Å². The normalized spacial score (nSPS) is 16.9. The van der Waals surface area contributed by atoms with Crippen LogP contribution in [0.25, 0.3) is 22.2 Å². The van der Waals surface area contributed by atoms with Crippen LogP contribution in [0, 0.1) is 22.7 Å². The third-order valence-electron chi connectivity index (χ3n) is 15.1. The van der Waals surface area contributed by atoms with Crippen LogP contribution >= 0.6 is 15.9 Å². The van der Waals surface area contributed by atoms with Crippen molar-refractivity contribution < 1.29 is 38.0 Å². The number of anilines is 2. The molecule has 5 fully saturated rings. The Hall–Kier alpha value is -8.64. The van der Waals surface area contributed by atoms with Gasteiger partial charge in [0.25, 0.3) is 23.6 Å². The summed E-state index contributed by atoms with van der Waals surface area (Å²) in [5, 5.41) is 32.4. The average molecular weight is 1160 g/mol. The summed E-state index contributed by atoms with van der Waals surface area (Å²) >= 11 is 3.44. The molecule has 2 aliphatic carbocycles. The van der Waals surface area contributed by atoms with E-state index in [9.17, 15) is 19.2 Å². The van der Waals surface area contributed by atoms with E-state index >= 15 is 0 Å². The van der Waals surface area contributed by atoms with E-state index in [-0.39, 0.29) is 59.0 Å². The van der Waals surface area contributed by atoms with Crippen LogP contribution in [0.5, 0.6) is 0 Å². The number of pyridine rings is 4. The van der Waals surface area contributed by atoms with Crippen molar-refractivity contribution in [3.05, 3.63) is 172 Å². The number of hydrogen-bond acceptors (Lipinski definition) is 14. The molecule has 20 nitrogen and oxygen atoms in total. The number of fused-ring (bicyclic) bond motifs is 2. The number of hydrogen-bond donors (Lipinski definition) is 2. The highest BCUT2D eigenvalue weighted by Gasteiger charge is 2.51. The minimum Gasteiger partial charge on any atom is -0.399 e. The molecule has 2 N–H and O–H groups in total. The lowest BCUT2D eigenvalue weighted by atomic mass is 9.79. The third-order valence-corrected chi connectivity index (χ3v) is 15.7. The van der Waals surface area contributed by atoms with Crippen LogP contribution in [0.2, 0.25) is 0 Å². The van der Waals surface area contributed by atoms with E-state index in [1.54, 1.807) is 104 Å². The minimum atomic E-state index is -0.401. The molecule has 0 unspecified atom stereocenters. The highest BCUT2D eigenvalue weighted by atomic mass is 79.9. The van der Waals surface area contributed by atoms with E-state index in [2.05, 4.69) is 52.8 Å². The summed E-state index contributed by atoms with van der Waals surface area (Å²) in [6.45, 7) is 10.4. The summed E-state index contributed by atoms with van der Waals surface area (Å²) in [5.74, 6) is 0.681. The zero-order valence-electron chi connectivity index (χ0n) is 45.4. The maximum Gasteiger partial charge on any atom is 0.494 e. The van der Waals surface area contributed by atoms with Gasteiger partial charge >= 0.3 is 7.12 Å². The Kier molecular flexibility index (Phi) is 15.6. The second-order valence-corrected chi connectivity index (χ2v) is 22.4. The lowest BCUT2D eigenvalue weighted by molar-refractivity contribution is -0.00347. The standard InChI is InChI=1S/C27H22N6O3.C17H12BrN5O.C16H22BNO4/c28-12-17-1-8-25(29-13-17)33(22-6-7-22)27(35)20-9-10-32-24(11-20)23(14-30-32)18-2-4-19(5-3-18)26(34)31-21-15-36-16-21;18-14-10-21-22-6-5-12(7-15(14)22)17(24)23(13-2-3-13)16-4-1-11(8-19)9-20-16;1-15(2)16(3,4)22-17(21-15)12-7-5-11(6-8-12)14(19)18-13-9-20-10-13/h1-5,8-11,13-14,21-22H,6-7,15-16H2,(H,31,34);1,4-7,9-10,13H,2-3H2;5-8,13H,9-10H2,1-4H3,(H,18,19). The van der Waals surface area contributed by atoms with Gasteiger partial charge in [-0.1, -0.05) is 24.3 Å². The topological polar surface area (TPSA) is 244 Å². The lowest BCUT2D eigenvalue weighted by Crippen LogP contribution is -2.48. The van der Waals surface area contributed by atoms with Crippen molar-refractivity contribution in [2.24, 2.45) is 0 Å². The molecule has 0 atom stereocenters. The molecule has 3 aliphatic heterocycles. The molecule has 5 aliphatic rings. The Balaban J connectivity index is 0.000000135. The second-order valence-electron chi connectivity index (χ2n) is 21.6. The van der Waals surface area contributed by atoms with Crippen LogP contribution in [0.3, 0.4) is 0 Å². The molecule has 3 saturated heterocycles. The summed E-state index contributed by atoms with van der Waals surface area (Å²) < 4.78 is 26.4. The molecule has 4 amide bonds. The first-order chi connectivity index (χ1) is 39.6. The molecule has 9 heterocycles. The fourth-order valence-corrected chi connectivity index (χ4v) is 9.60. The Bertz CT molecular complexity index is 3770. The van der Waals surface area contributed by atoms with Gasteiger partial charge in [0.2, 0.25) is 0 Å². The number of carbonyl (C=O) groups is 4.